The molecule has 1 aliphatic carbocycles. The van der Waals surface area contributed by atoms with Crippen LogP contribution in [0.4, 0.5) is 0 Å². The first-order valence-corrected chi connectivity index (χ1v) is 8.29. The molecule has 2 heterocycles. The maximum absolute atomic E-state index is 12.0. The van der Waals surface area contributed by atoms with Crippen molar-refractivity contribution in [3.05, 3.63) is 23.8 Å². The Hall–Kier alpha value is -2.77. The van der Waals surface area contributed by atoms with Crippen molar-refractivity contribution < 1.29 is 19.4 Å². The second-order valence-electron chi connectivity index (χ2n) is 6.15. The number of carbonyl (C=O) groups excluding carboxylic acids is 2. The van der Waals surface area contributed by atoms with Crippen LogP contribution in [-0.4, -0.2) is 32.0 Å². The lowest BCUT2D eigenvalue weighted by atomic mass is 9.89. The summed E-state index contributed by atoms with van der Waals surface area (Å²) in [7, 11) is 1.67. The molecular weight excluding hydrogens is 324 g/mol. The van der Waals surface area contributed by atoms with Gasteiger partial charge in [-0.1, -0.05) is 19.3 Å². The third-order valence-electron chi connectivity index (χ3n) is 4.42. The summed E-state index contributed by atoms with van der Waals surface area (Å²) < 4.78 is 1.46. The van der Waals surface area contributed by atoms with Crippen LogP contribution in [-0.2, 0) is 16.7 Å². The Morgan fingerprint density at radius 2 is 2.04 bits per heavy atom. The Kier molecular flexibility index (Phi) is 5.06. The Morgan fingerprint density at radius 3 is 2.72 bits per heavy atom. The first kappa shape index (κ1) is 17.1. The van der Waals surface area contributed by atoms with Gasteiger partial charge < -0.3 is 0 Å². The summed E-state index contributed by atoms with van der Waals surface area (Å²) in [5.74, 6) is 0.182. The van der Waals surface area contributed by atoms with Crippen molar-refractivity contribution in [3.8, 4) is 17.1 Å². The third-order valence-corrected chi connectivity index (χ3v) is 4.42. The van der Waals surface area contributed by atoms with Gasteiger partial charge in [-0.25, -0.2) is 14.8 Å². The smallest absolute Gasteiger partial charge is 0.296 e. The molecule has 0 atom stereocenters. The van der Waals surface area contributed by atoms with E-state index in [0.29, 0.717) is 29.1 Å². The Morgan fingerprint density at radius 1 is 1.28 bits per heavy atom. The summed E-state index contributed by atoms with van der Waals surface area (Å²) >= 11 is 0. The van der Waals surface area contributed by atoms with Crippen molar-refractivity contribution in [1.82, 2.24) is 19.7 Å². The van der Waals surface area contributed by atoms with Gasteiger partial charge in [0.2, 0.25) is 5.75 Å². The molecule has 0 saturated heterocycles. The molecule has 0 radical (unpaired) electrons. The van der Waals surface area contributed by atoms with Gasteiger partial charge in [0.05, 0.1) is 29.6 Å². The van der Waals surface area contributed by atoms with E-state index in [-0.39, 0.29) is 17.6 Å². The first-order chi connectivity index (χ1) is 12.1. The minimum absolute atomic E-state index is 0.0974. The molecule has 0 bridgehead atoms. The van der Waals surface area contributed by atoms with Crippen LogP contribution < -0.4 is 4.89 Å². The third kappa shape index (κ3) is 3.67. The molecule has 1 aliphatic rings. The maximum atomic E-state index is 12.0. The number of hydrogen-bond donors (Lipinski definition) is 0. The summed E-state index contributed by atoms with van der Waals surface area (Å²) in [5, 5.41) is 4.03. The van der Waals surface area contributed by atoms with Gasteiger partial charge in [0.1, 0.15) is 5.69 Å². The van der Waals surface area contributed by atoms with Crippen LogP contribution in [0.1, 0.15) is 48.3 Å². The SMILES string of the molecule is Cc1nc(-c2cnn(C)c2C=O)ncc1OOC(=O)C1CCCCC1. The van der Waals surface area contributed by atoms with E-state index in [2.05, 4.69) is 15.1 Å². The molecule has 0 N–H and O–H groups in total. The minimum Gasteiger partial charge on any atom is -0.296 e. The van der Waals surface area contributed by atoms with Crippen LogP contribution in [0.3, 0.4) is 0 Å². The van der Waals surface area contributed by atoms with Crippen molar-refractivity contribution in [2.75, 3.05) is 0 Å². The molecule has 0 unspecified atom stereocenters. The quantitative estimate of drug-likeness (QED) is 0.467. The van der Waals surface area contributed by atoms with Gasteiger partial charge >= 0.3 is 5.97 Å². The summed E-state index contributed by atoms with van der Waals surface area (Å²) in [5.41, 5.74) is 1.42. The predicted molar refractivity (Wildman–Crippen MR) is 87.7 cm³/mol. The fourth-order valence-corrected chi connectivity index (χ4v) is 2.92. The molecule has 1 fully saturated rings. The average Bonchev–Trinajstić information content (AvgIpc) is 3.01. The molecule has 25 heavy (non-hydrogen) atoms. The van der Waals surface area contributed by atoms with Gasteiger partial charge in [0, 0.05) is 7.05 Å². The van der Waals surface area contributed by atoms with E-state index in [1.807, 2.05) is 0 Å². The van der Waals surface area contributed by atoms with E-state index in [9.17, 15) is 9.59 Å². The van der Waals surface area contributed by atoms with E-state index in [0.717, 1.165) is 32.1 Å². The molecule has 0 aliphatic heterocycles. The molecule has 0 amide bonds. The number of carbonyl (C=O) groups is 2. The monoisotopic (exact) mass is 344 g/mol. The standard InChI is InChI=1S/C17H20N4O4/c1-11-15(24-25-17(23)12-6-4-3-5-7-12)9-18-16(20-11)13-8-19-21(2)14(13)10-22/h8-10,12H,3-7H2,1-2H3. The summed E-state index contributed by atoms with van der Waals surface area (Å²) in [4.78, 5) is 41.8. The van der Waals surface area contributed by atoms with Gasteiger partial charge in [0.15, 0.2) is 12.1 Å². The molecule has 3 rings (SSSR count). The lowest BCUT2D eigenvalue weighted by Gasteiger charge is -2.18. The fraction of sp³-hybridized carbons (Fsp3) is 0.471. The topological polar surface area (TPSA) is 96.2 Å². The van der Waals surface area contributed by atoms with Crippen LogP contribution in [0.25, 0.3) is 11.4 Å². The van der Waals surface area contributed by atoms with Gasteiger partial charge in [-0.2, -0.15) is 5.10 Å². The van der Waals surface area contributed by atoms with Crippen LogP contribution in [0, 0.1) is 12.8 Å². The highest BCUT2D eigenvalue weighted by atomic mass is 17.2. The number of aryl methyl sites for hydroxylation is 2. The number of nitrogens with zero attached hydrogens (tertiary/aromatic N) is 4. The molecular formula is C17H20N4O4. The van der Waals surface area contributed by atoms with Gasteiger partial charge in [-0.3, -0.25) is 19.3 Å². The van der Waals surface area contributed by atoms with Gasteiger partial charge in [-0.15, -0.1) is 0 Å². The van der Waals surface area contributed by atoms with Crippen LogP contribution in [0.5, 0.6) is 5.75 Å². The van der Waals surface area contributed by atoms with Crippen LogP contribution in [0.15, 0.2) is 12.4 Å². The highest BCUT2D eigenvalue weighted by Crippen LogP contribution is 2.26. The van der Waals surface area contributed by atoms with Crippen molar-refractivity contribution in [1.29, 1.82) is 0 Å². The molecule has 2 aromatic rings. The number of aldehydes is 1. The number of rotatable bonds is 5. The van der Waals surface area contributed by atoms with E-state index < -0.39 is 0 Å². The largest absolute Gasteiger partial charge is 0.358 e. The van der Waals surface area contributed by atoms with Crippen molar-refractivity contribution in [2.24, 2.45) is 13.0 Å². The van der Waals surface area contributed by atoms with Crippen LogP contribution >= 0.6 is 0 Å². The van der Waals surface area contributed by atoms with Crippen molar-refractivity contribution in [2.45, 2.75) is 39.0 Å². The van der Waals surface area contributed by atoms with E-state index in [1.165, 1.54) is 17.1 Å². The van der Waals surface area contributed by atoms with Crippen molar-refractivity contribution >= 4 is 12.3 Å². The normalized spacial score (nSPS) is 15.0. The zero-order chi connectivity index (χ0) is 17.8. The lowest BCUT2D eigenvalue weighted by Crippen LogP contribution is -2.22. The minimum atomic E-state index is -0.348. The van der Waals surface area contributed by atoms with E-state index >= 15 is 0 Å². The fourth-order valence-electron chi connectivity index (χ4n) is 2.92. The molecule has 1 saturated carbocycles. The second-order valence-corrected chi connectivity index (χ2v) is 6.15. The highest BCUT2D eigenvalue weighted by Gasteiger charge is 2.24. The molecule has 8 nitrogen and oxygen atoms in total. The average molecular weight is 344 g/mol. The molecule has 0 spiro atoms. The first-order valence-electron chi connectivity index (χ1n) is 8.29. The van der Waals surface area contributed by atoms with Crippen molar-refractivity contribution in [3.63, 3.8) is 0 Å². The molecule has 8 heteroatoms. The van der Waals surface area contributed by atoms with E-state index in [1.54, 1.807) is 14.0 Å². The molecule has 132 valence electrons. The summed E-state index contributed by atoms with van der Waals surface area (Å²) in [6, 6.07) is 0. The Balaban J connectivity index is 1.69. The van der Waals surface area contributed by atoms with Crippen LogP contribution in [0.2, 0.25) is 0 Å². The highest BCUT2D eigenvalue weighted by molar-refractivity contribution is 5.83. The predicted octanol–water partition coefficient (Wildman–Crippen LogP) is 2.42. The zero-order valence-electron chi connectivity index (χ0n) is 14.3. The van der Waals surface area contributed by atoms with Gasteiger partial charge in [-0.05, 0) is 19.8 Å². The maximum Gasteiger partial charge on any atom is 0.358 e. The van der Waals surface area contributed by atoms with E-state index in [4.69, 9.17) is 9.78 Å². The number of hydrogen-bond acceptors (Lipinski definition) is 7. The van der Waals surface area contributed by atoms with Gasteiger partial charge in [0.25, 0.3) is 0 Å². The number of aromatic nitrogens is 4. The molecule has 2 aromatic heterocycles. The summed E-state index contributed by atoms with van der Waals surface area (Å²) in [6.07, 6.45) is 8.59. The Bertz CT molecular complexity index is 781. The Labute approximate surface area is 145 Å². The second kappa shape index (κ2) is 7.42. The molecule has 0 aromatic carbocycles. The lowest BCUT2D eigenvalue weighted by molar-refractivity contribution is -0.220. The zero-order valence-corrected chi connectivity index (χ0v) is 14.3. The summed E-state index contributed by atoms with van der Waals surface area (Å²) in [6.45, 7) is 1.71.